The van der Waals surface area contributed by atoms with Gasteiger partial charge in [-0.1, -0.05) is 37.3 Å². The summed E-state index contributed by atoms with van der Waals surface area (Å²) in [4.78, 5) is 17.1. The first-order valence-corrected chi connectivity index (χ1v) is 9.69. The molecule has 0 saturated heterocycles. The summed E-state index contributed by atoms with van der Waals surface area (Å²) in [6, 6.07) is 22.6. The van der Waals surface area contributed by atoms with Crippen LogP contribution in [0, 0.1) is 0 Å². The number of nitrogens with one attached hydrogen (secondary N) is 1. The standard InChI is InChI=1S/C24H22N2O3/c1-2-14-28-20-11-8-18(9-12-20)24(27)25-19-10-13-22-21(16-19)26-23(29-22)15-17-6-4-3-5-7-17/h3-13,16H,2,14-15H2,1H3,(H,25,27). The maximum Gasteiger partial charge on any atom is 0.255 e. The summed E-state index contributed by atoms with van der Waals surface area (Å²) in [5.41, 5.74) is 3.80. The molecule has 1 N–H and O–H groups in total. The highest BCUT2D eigenvalue weighted by Gasteiger charge is 2.10. The van der Waals surface area contributed by atoms with Crippen molar-refractivity contribution in [3.05, 3.63) is 89.8 Å². The van der Waals surface area contributed by atoms with Crippen molar-refractivity contribution in [2.45, 2.75) is 19.8 Å². The van der Waals surface area contributed by atoms with Crippen molar-refractivity contribution in [1.82, 2.24) is 4.98 Å². The van der Waals surface area contributed by atoms with Crippen LogP contribution in [-0.2, 0) is 6.42 Å². The van der Waals surface area contributed by atoms with Gasteiger partial charge in [0.2, 0.25) is 0 Å². The Hall–Kier alpha value is -3.60. The average molecular weight is 386 g/mol. The van der Waals surface area contributed by atoms with E-state index in [1.54, 1.807) is 24.3 Å². The zero-order chi connectivity index (χ0) is 20.1. The van der Waals surface area contributed by atoms with Gasteiger partial charge in [0.25, 0.3) is 5.91 Å². The topological polar surface area (TPSA) is 64.4 Å². The van der Waals surface area contributed by atoms with Gasteiger partial charge in [-0.05, 0) is 54.4 Å². The SMILES string of the molecule is CCCOc1ccc(C(=O)Nc2ccc3oc(Cc4ccccc4)nc3c2)cc1. The van der Waals surface area contributed by atoms with Crippen molar-refractivity contribution in [2.24, 2.45) is 0 Å². The van der Waals surface area contributed by atoms with Crippen LogP contribution in [0.2, 0.25) is 0 Å². The van der Waals surface area contributed by atoms with E-state index in [1.807, 2.05) is 48.5 Å². The van der Waals surface area contributed by atoms with Gasteiger partial charge in [-0.15, -0.1) is 0 Å². The number of amides is 1. The molecule has 0 spiro atoms. The molecule has 5 nitrogen and oxygen atoms in total. The average Bonchev–Trinajstić information content (AvgIpc) is 3.14. The lowest BCUT2D eigenvalue weighted by Crippen LogP contribution is -2.11. The third-order valence-corrected chi connectivity index (χ3v) is 4.48. The summed E-state index contributed by atoms with van der Waals surface area (Å²) >= 11 is 0. The monoisotopic (exact) mass is 386 g/mol. The Kier molecular flexibility index (Phi) is 5.56. The molecule has 1 heterocycles. The molecule has 0 aliphatic heterocycles. The van der Waals surface area contributed by atoms with Gasteiger partial charge in [-0.25, -0.2) is 4.98 Å². The second-order valence-electron chi connectivity index (χ2n) is 6.78. The lowest BCUT2D eigenvalue weighted by molar-refractivity contribution is 0.102. The van der Waals surface area contributed by atoms with Crippen LogP contribution < -0.4 is 10.1 Å². The van der Waals surface area contributed by atoms with Crippen molar-refractivity contribution in [1.29, 1.82) is 0 Å². The molecule has 0 radical (unpaired) electrons. The van der Waals surface area contributed by atoms with Gasteiger partial charge in [-0.2, -0.15) is 0 Å². The fourth-order valence-electron chi connectivity index (χ4n) is 3.02. The normalized spacial score (nSPS) is 10.8. The molecule has 0 aliphatic carbocycles. The summed E-state index contributed by atoms with van der Waals surface area (Å²) in [6.07, 6.45) is 1.57. The number of nitrogens with zero attached hydrogens (tertiary/aromatic N) is 1. The highest BCUT2D eigenvalue weighted by Crippen LogP contribution is 2.22. The third-order valence-electron chi connectivity index (χ3n) is 4.48. The van der Waals surface area contributed by atoms with E-state index in [0.717, 1.165) is 23.3 Å². The number of benzene rings is 3. The van der Waals surface area contributed by atoms with E-state index in [0.29, 0.717) is 35.8 Å². The minimum absolute atomic E-state index is 0.181. The molecule has 4 aromatic rings. The van der Waals surface area contributed by atoms with Crippen molar-refractivity contribution < 1.29 is 13.9 Å². The van der Waals surface area contributed by atoms with E-state index in [9.17, 15) is 4.79 Å². The van der Waals surface area contributed by atoms with Crippen LogP contribution in [-0.4, -0.2) is 17.5 Å². The van der Waals surface area contributed by atoms with Crippen LogP contribution in [0.3, 0.4) is 0 Å². The van der Waals surface area contributed by atoms with Gasteiger partial charge < -0.3 is 14.5 Å². The van der Waals surface area contributed by atoms with Crippen molar-refractivity contribution in [2.75, 3.05) is 11.9 Å². The van der Waals surface area contributed by atoms with Crippen molar-refractivity contribution in [3.63, 3.8) is 0 Å². The molecule has 0 aliphatic rings. The number of oxazole rings is 1. The Bertz CT molecular complexity index is 1100. The summed E-state index contributed by atoms with van der Waals surface area (Å²) in [5, 5.41) is 2.91. The van der Waals surface area contributed by atoms with Gasteiger partial charge in [0.15, 0.2) is 11.5 Å². The second kappa shape index (κ2) is 8.61. The predicted octanol–water partition coefficient (Wildman–Crippen LogP) is 5.46. The molecule has 0 atom stereocenters. The molecule has 4 rings (SSSR count). The molecule has 0 bridgehead atoms. The number of ether oxygens (including phenoxy) is 1. The van der Waals surface area contributed by atoms with Crippen LogP contribution in [0.1, 0.15) is 35.2 Å². The number of rotatable bonds is 7. The first-order chi connectivity index (χ1) is 14.2. The Morgan fingerprint density at radius 3 is 2.59 bits per heavy atom. The maximum absolute atomic E-state index is 12.5. The third kappa shape index (κ3) is 4.63. The van der Waals surface area contributed by atoms with Gasteiger partial charge >= 0.3 is 0 Å². The molecule has 0 fully saturated rings. The number of hydrogen-bond acceptors (Lipinski definition) is 4. The van der Waals surface area contributed by atoms with E-state index in [1.165, 1.54) is 0 Å². The van der Waals surface area contributed by atoms with E-state index in [2.05, 4.69) is 17.2 Å². The molecule has 146 valence electrons. The minimum atomic E-state index is -0.181. The smallest absolute Gasteiger partial charge is 0.255 e. The van der Waals surface area contributed by atoms with Crippen LogP contribution in [0.5, 0.6) is 5.75 Å². The number of fused-ring (bicyclic) bond motifs is 1. The number of carbonyl (C=O) groups excluding carboxylic acids is 1. The molecular weight excluding hydrogens is 364 g/mol. The molecule has 3 aromatic carbocycles. The highest BCUT2D eigenvalue weighted by atomic mass is 16.5. The number of aromatic nitrogens is 1. The Morgan fingerprint density at radius 1 is 1.03 bits per heavy atom. The lowest BCUT2D eigenvalue weighted by Gasteiger charge is -2.07. The Balaban J connectivity index is 1.45. The molecule has 5 heteroatoms. The largest absolute Gasteiger partial charge is 0.494 e. The van der Waals surface area contributed by atoms with Crippen LogP contribution >= 0.6 is 0 Å². The maximum atomic E-state index is 12.5. The van der Waals surface area contributed by atoms with Crippen molar-refractivity contribution in [3.8, 4) is 5.75 Å². The first kappa shape index (κ1) is 18.7. The first-order valence-electron chi connectivity index (χ1n) is 9.69. The zero-order valence-electron chi connectivity index (χ0n) is 16.2. The predicted molar refractivity (Wildman–Crippen MR) is 113 cm³/mol. The summed E-state index contributed by atoms with van der Waals surface area (Å²) in [6.45, 7) is 2.72. The minimum Gasteiger partial charge on any atom is -0.494 e. The van der Waals surface area contributed by atoms with E-state index < -0.39 is 0 Å². The summed E-state index contributed by atoms with van der Waals surface area (Å²) in [5.74, 6) is 1.23. The molecule has 0 unspecified atom stereocenters. The van der Waals surface area contributed by atoms with Gasteiger partial charge in [-0.3, -0.25) is 4.79 Å². The van der Waals surface area contributed by atoms with Crippen LogP contribution in [0.25, 0.3) is 11.1 Å². The van der Waals surface area contributed by atoms with Gasteiger partial charge in [0.1, 0.15) is 11.3 Å². The van der Waals surface area contributed by atoms with Gasteiger partial charge in [0, 0.05) is 17.7 Å². The summed E-state index contributed by atoms with van der Waals surface area (Å²) in [7, 11) is 0. The van der Waals surface area contributed by atoms with Crippen LogP contribution in [0.4, 0.5) is 5.69 Å². The Labute approximate surface area is 169 Å². The summed E-state index contributed by atoms with van der Waals surface area (Å²) < 4.78 is 11.4. The lowest BCUT2D eigenvalue weighted by atomic mass is 10.1. The fraction of sp³-hybridized carbons (Fsp3) is 0.167. The van der Waals surface area contributed by atoms with Crippen LogP contribution in [0.15, 0.2) is 77.2 Å². The number of hydrogen-bond donors (Lipinski definition) is 1. The Morgan fingerprint density at radius 2 is 1.83 bits per heavy atom. The molecule has 29 heavy (non-hydrogen) atoms. The molecule has 1 aromatic heterocycles. The number of carbonyl (C=O) groups is 1. The quantitative estimate of drug-likeness (QED) is 0.458. The zero-order valence-corrected chi connectivity index (χ0v) is 16.2. The second-order valence-corrected chi connectivity index (χ2v) is 6.78. The van der Waals surface area contributed by atoms with E-state index in [4.69, 9.17) is 9.15 Å². The molecule has 1 amide bonds. The fourth-order valence-corrected chi connectivity index (χ4v) is 3.02. The van der Waals surface area contributed by atoms with Gasteiger partial charge in [0.05, 0.1) is 6.61 Å². The molecule has 0 saturated carbocycles. The highest BCUT2D eigenvalue weighted by molar-refractivity contribution is 6.04. The van der Waals surface area contributed by atoms with E-state index in [-0.39, 0.29) is 5.91 Å². The van der Waals surface area contributed by atoms with Crippen molar-refractivity contribution >= 4 is 22.7 Å². The number of anilines is 1. The molecular formula is C24H22N2O3. The van der Waals surface area contributed by atoms with E-state index >= 15 is 0 Å².